The first-order valence-corrected chi connectivity index (χ1v) is 5.13. The first kappa shape index (κ1) is 11.4. The van der Waals surface area contributed by atoms with Crippen LogP contribution in [0.3, 0.4) is 0 Å². The number of hydrogen-bond acceptors (Lipinski definition) is 2. The van der Waals surface area contributed by atoms with Crippen molar-refractivity contribution in [1.29, 1.82) is 0 Å². The molecular formula is C11H12F3NO. The molecule has 1 aromatic heterocycles. The molecule has 2 rings (SSSR count). The number of aromatic nitrogens is 1. The number of rotatable bonds is 2. The molecule has 1 aromatic rings. The Hall–Kier alpha value is -1.10. The molecule has 1 fully saturated rings. The first-order valence-electron chi connectivity index (χ1n) is 5.13. The molecule has 1 aliphatic rings. The van der Waals surface area contributed by atoms with E-state index >= 15 is 0 Å². The molecule has 0 unspecified atom stereocenters. The minimum absolute atomic E-state index is 0.00347. The van der Waals surface area contributed by atoms with Crippen LogP contribution in [0.5, 0.6) is 0 Å². The maximum Gasteiger partial charge on any atom is 0.418 e. The summed E-state index contributed by atoms with van der Waals surface area (Å²) in [6.45, 7) is -0.271. The summed E-state index contributed by atoms with van der Waals surface area (Å²) in [5.74, 6) is 0. The Kier molecular flexibility index (Phi) is 2.66. The summed E-state index contributed by atoms with van der Waals surface area (Å²) < 4.78 is 38.3. The van der Waals surface area contributed by atoms with Gasteiger partial charge in [0.05, 0.1) is 17.9 Å². The Morgan fingerprint density at radius 1 is 1.38 bits per heavy atom. The Morgan fingerprint density at radius 2 is 2.06 bits per heavy atom. The number of hydrogen-bond donors (Lipinski definition) is 1. The van der Waals surface area contributed by atoms with Crippen LogP contribution in [0.15, 0.2) is 18.3 Å². The lowest BCUT2D eigenvalue weighted by molar-refractivity contribution is -0.139. The molecule has 0 aromatic carbocycles. The molecule has 1 aliphatic carbocycles. The minimum atomic E-state index is -4.40. The Labute approximate surface area is 91.1 Å². The molecule has 0 aliphatic heterocycles. The van der Waals surface area contributed by atoms with Crippen LogP contribution in [-0.2, 0) is 11.6 Å². The molecule has 0 amide bonds. The summed E-state index contributed by atoms with van der Waals surface area (Å²) in [7, 11) is 0. The van der Waals surface area contributed by atoms with E-state index in [0.717, 1.165) is 12.5 Å². The highest BCUT2D eigenvalue weighted by Gasteiger charge is 2.45. The standard InChI is InChI=1S/C11H12F3NO/c12-11(13,14)8-3-1-6-15-9(8)10(7-16)4-2-5-10/h1,3,6,16H,2,4-5,7H2. The summed E-state index contributed by atoms with van der Waals surface area (Å²) in [6.07, 6.45) is -1.07. The van der Waals surface area contributed by atoms with Crippen LogP contribution in [-0.4, -0.2) is 16.7 Å². The summed E-state index contributed by atoms with van der Waals surface area (Å²) in [5.41, 5.74) is -1.49. The van der Waals surface area contributed by atoms with E-state index in [1.54, 1.807) is 0 Å². The minimum Gasteiger partial charge on any atom is -0.395 e. The number of halogens is 3. The third-order valence-electron chi connectivity index (χ3n) is 3.23. The number of aliphatic hydroxyl groups excluding tert-OH is 1. The molecule has 0 radical (unpaired) electrons. The average Bonchev–Trinajstić information content (AvgIpc) is 2.16. The molecular weight excluding hydrogens is 219 g/mol. The van der Waals surface area contributed by atoms with Gasteiger partial charge in [-0.25, -0.2) is 0 Å². The van der Waals surface area contributed by atoms with Crippen LogP contribution >= 0.6 is 0 Å². The van der Waals surface area contributed by atoms with Gasteiger partial charge in [0.2, 0.25) is 0 Å². The van der Waals surface area contributed by atoms with Crippen LogP contribution in [0.25, 0.3) is 0 Å². The summed E-state index contributed by atoms with van der Waals surface area (Å²) >= 11 is 0. The smallest absolute Gasteiger partial charge is 0.395 e. The normalized spacial score (nSPS) is 19.2. The number of pyridine rings is 1. The van der Waals surface area contributed by atoms with Crippen molar-refractivity contribution in [2.75, 3.05) is 6.61 Å². The lowest BCUT2D eigenvalue weighted by atomic mass is 9.66. The number of nitrogens with zero attached hydrogens (tertiary/aromatic N) is 1. The Balaban J connectivity index is 2.48. The van der Waals surface area contributed by atoms with E-state index in [1.165, 1.54) is 12.3 Å². The molecule has 1 N–H and O–H groups in total. The van der Waals surface area contributed by atoms with Crippen molar-refractivity contribution in [1.82, 2.24) is 4.98 Å². The van der Waals surface area contributed by atoms with Crippen molar-refractivity contribution >= 4 is 0 Å². The molecule has 1 heterocycles. The highest BCUT2D eigenvalue weighted by molar-refractivity contribution is 5.32. The van der Waals surface area contributed by atoms with Gasteiger partial charge in [-0.1, -0.05) is 6.42 Å². The van der Waals surface area contributed by atoms with Gasteiger partial charge >= 0.3 is 6.18 Å². The molecule has 0 spiro atoms. The van der Waals surface area contributed by atoms with Gasteiger partial charge in [-0.2, -0.15) is 13.2 Å². The SMILES string of the molecule is OCC1(c2ncccc2C(F)(F)F)CCC1. The third-order valence-corrected chi connectivity index (χ3v) is 3.23. The lowest BCUT2D eigenvalue weighted by Crippen LogP contribution is -2.40. The van der Waals surface area contributed by atoms with Gasteiger partial charge in [-0.3, -0.25) is 4.98 Å². The van der Waals surface area contributed by atoms with Crippen LogP contribution < -0.4 is 0 Å². The quantitative estimate of drug-likeness (QED) is 0.848. The van der Waals surface area contributed by atoms with Gasteiger partial charge in [-0.15, -0.1) is 0 Å². The molecule has 16 heavy (non-hydrogen) atoms. The summed E-state index contributed by atoms with van der Waals surface area (Å²) in [6, 6.07) is 2.30. The Bertz CT molecular complexity index is 380. The monoisotopic (exact) mass is 231 g/mol. The van der Waals surface area contributed by atoms with Crippen molar-refractivity contribution < 1.29 is 18.3 Å². The third kappa shape index (κ3) is 1.69. The van der Waals surface area contributed by atoms with Crippen molar-refractivity contribution in [2.45, 2.75) is 30.9 Å². The molecule has 0 atom stereocenters. The molecule has 5 heteroatoms. The Morgan fingerprint density at radius 3 is 2.50 bits per heavy atom. The van der Waals surface area contributed by atoms with E-state index in [1.807, 2.05) is 0 Å². The van der Waals surface area contributed by atoms with Gasteiger partial charge in [0, 0.05) is 11.6 Å². The fourth-order valence-electron chi connectivity index (χ4n) is 2.13. The summed E-state index contributed by atoms with van der Waals surface area (Å²) in [5, 5.41) is 9.27. The van der Waals surface area contributed by atoms with Crippen LogP contribution in [0, 0.1) is 0 Å². The van der Waals surface area contributed by atoms with Gasteiger partial charge in [0.1, 0.15) is 0 Å². The predicted octanol–water partition coefficient (Wildman–Crippen LogP) is 2.51. The second kappa shape index (κ2) is 3.73. The van der Waals surface area contributed by atoms with Crippen molar-refractivity contribution in [3.05, 3.63) is 29.6 Å². The average molecular weight is 231 g/mol. The zero-order valence-electron chi connectivity index (χ0n) is 8.59. The second-order valence-corrected chi connectivity index (χ2v) is 4.19. The molecule has 88 valence electrons. The second-order valence-electron chi connectivity index (χ2n) is 4.19. The van der Waals surface area contributed by atoms with Crippen molar-refractivity contribution in [3.8, 4) is 0 Å². The van der Waals surface area contributed by atoms with Gasteiger partial charge in [-0.05, 0) is 25.0 Å². The highest BCUT2D eigenvalue weighted by Crippen LogP contribution is 2.46. The van der Waals surface area contributed by atoms with Crippen LogP contribution in [0.4, 0.5) is 13.2 Å². The van der Waals surface area contributed by atoms with E-state index in [4.69, 9.17) is 0 Å². The molecule has 0 bridgehead atoms. The maximum absolute atomic E-state index is 12.8. The van der Waals surface area contributed by atoms with Crippen molar-refractivity contribution in [2.24, 2.45) is 0 Å². The van der Waals surface area contributed by atoms with E-state index in [2.05, 4.69) is 4.98 Å². The lowest BCUT2D eigenvalue weighted by Gasteiger charge is -2.40. The van der Waals surface area contributed by atoms with Gasteiger partial charge < -0.3 is 5.11 Å². The van der Waals surface area contributed by atoms with E-state index in [-0.39, 0.29) is 12.3 Å². The molecule has 1 saturated carbocycles. The van der Waals surface area contributed by atoms with Crippen molar-refractivity contribution in [3.63, 3.8) is 0 Å². The molecule has 0 saturated heterocycles. The highest BCUT2D eigenvalue weighted by atomic mass is 19.4. The first-order chi connectivity index (χ1) is 7.49. The van der Waals surface area contributed by atoms with Crippen LogP contribution in [0.1, 0.15) is 30.5 Å². The van der Waals surface area contributed by atoms with E-state index in [9.17, 15) is 18.3 Å². The fraction of sp³-hybridized carbons (Fsp3) is 0.545. The number of aliphatic hydroxyl groups is 1. The zero-order valence-corrected chi connectivity index (χ0v) is 8.59. The van der Waals surface area contributed by atoms with E-state index in [0.29, 0.717) is 12.8 Å². The topological polar surface area (TPSA) is 33.1 Å². The van der Waals surface area contributed by atoms with Crippen LogP contribution in [0.2, 0.25) is 0 Å². The van der Waals surface area contributed by atoms with Gasteiger partial charge in [0.25, 0.3) is 0 Å². The maximum atomic E-state index is 12.8. The van der Waals surface area contributed by atoms with E-state index < -0.39 is 17.2 Å². The largest absolute Gasteiger partial charge is 0.418 e. The predicted molar refractivity (Wildman–Crippen MR) is 51.9 cm³/mol. The zero-order chi connectivity index (χ0) is 11.8. The summed E-state index contributed by atoms with van der Waals surface area (Å²) in [4.78, 5) is 3.83. The molecule has 2 nitrogen and oxygen atoms in total. The number of alkyl halides is 3. The van der Waals surface area contributed by atoms with Gasteiger partial charge in [0.15, 0.2) is 0 Å². The fourth-order valence-corrected chi connectivity index (χ4v) is 2.13.